The summed E-state index contributed by atoms with van der Waals surface area (Å²) in [6.45, 7) is 8.19. The third-order valence-electron chi connectivity index (χ3n) is 6.13. The first-order valence-electron chi connectivity index (χ1n) is 11.5. The van der Waals surface area contributed by atoms with Crippen LogP contribution in [0.4, 0.5) is 17.6 Å². The van der Waals surface area contributed by atoms with Gasteiger partial charge in [-0.25, -0.2) is 0 Å². The molecule has 4 heterocycles. The molecule has 5 rings (SSSR count). The minimum absolute atomic E-state index is 0.265. The predicted octanol–water partition coefficient (Wildman–Crippen LogP) is 2.76. The summed E-state index contributed by atoms with van der Waals surface area (Å²) in [5, 5.41) is 6.91. The molecule has 1 aromatic carbocycles. The summed E-state index contributed by atoms with van der Waals surface area (Å²) in [6, 6.07) is 7.96. The van der Waals surface area contributed by atoms with E-state index in [4.69, 9.17) is 36.4 Å². The van der Waals surface area contributed by atoms with Crippen molar-refractivity contribution < 1.29 is 14.2 Å². The van der Waals surface area contributed by atoms with Gasteiger partial charge in [-0.15, -0.1) is 0 Å². The van der Waals surface area contributed by atoms with Crippen molar-refractivity contribution in [3.63, 3.8) is 0 Å². The van der Waals surface area contributed by atoms with Crippen molar-refractivity contribution in [2.75, 3.05) is 61.3 Å². The lowest BCUT2D eigenvalue weighted by Crippen LogP contribution is -2.38. The Hall–Kier alpha value is -2.85. The van der Waals surface area contributed by atoms with Gasteiger partial charge in [-0.1, -0.05) is 13.0 Å². The molecule has 0 spiro atoms. The molecule has 9 nitrogen and oxygen atoms in total. The number of hydrogen-bond donors (Lipinski definition) is 2. The van der Waals surface area contributed by atoms with Crippen LogP contribution in [0.1, 0.15) is 25.3 Å². The van der Waals surface area contributed by atoms with Gasteiger partial charge in [0.15, 0.2) is 16.6 Å². The van der Waals surface area contributed by atoms with Crippen molar-refractivity contribution in [2.24, 2.45) is 5.92 Å². The van der Waals surface area contributed by atoms with E-state index in [1.807, 2.05) is 18.2 Å². The van der Waals surface area contributed by atoms with E-state index in [-0.39, 0.29) is 6.79 Å². The number of piperidine rings is 1. The van der Waals surface area contributed by atoms with Gasteiger partial charge in [0.2, 0.25) is 12.7 Å². The van der Waals surface area contributed by atoms with Crippen molar-refractivity contribution in [3.8, 4) is 11.5 Å². The maximum absolute atomic E-state index is 5.55. The molecule has 0 saturated carbocycles. The van der Waals surface area contributed by atoms with Crippen molar-refractivity contribution in [1.29, 1.82) is 0 Å². The van der Waals surface area contributed by atoms with Crippen LogP contribution in [-0.2, 0) is 11.3 Å². The van der Waals surface area contributed by atoms with Crippen molar-refractivity contribution in [2.45, 2.75) is 26.3 Å². The zero-order valence-corrected chi connectivity index (χ0v) is 19.7. The average molecular weight is 471 g/mol. The van der Waals surface area contributed by atoms with Gasteiger partial charge in [-0.3, -0.25) is 0 Å². The Kier molecular flexibility index (Phi) is 6.63. The number of aromatic nitrogens is 2. The van der Waals surface area contributed by atoms with E-state index in [1.54, 1.807) is 0 Å². The highest BCUT2D eigenvalue weighted by Gasteiger charge is 2.22. The fourth-order valence-corrected chi connectivity index (χ4v) is 4.53. The van der Waals surface area contributed by atoms with Crippen molar-refractivity contribution >= 4 is 34.9 Å². The first-order chi connectivity index (χ1) is 16.1. The Morgan fingerprint density at radius 3 is 2.67 bits per heavy atom. The van der Waals surface area contributed by atoms with Crippen LogP contribution in [0.3, 0.4) is 0 Å². The van der Waals surface area contributed by atoms with E-state index >= 15 is 0 Å². The monoisotopic (exact) mass is 470 g/mol. The lowest BCUT2D eigenvalue weighted by atomic mass is 10.0. The maximum Gasteiger partial charge on any atom is 0.232 e. The summed E-state index contributed by atoms with van der Waals surface area (Å²) in [5.41, 5.74) is 1.05. The fraction of sp³-hybridized carbons (Fsp3) is 0.522. The summed E-state index contributed by atoms with van der Waals surface area (Å²) in [7, 11) is 0. The third kappa shape index (κ3) is 5.39. The van der Waals surface area contributed by atoms with Crippen LogP contribution in [0.2, 0.25) is 0 Å². The zero-order valence-electron chi connectivity index (χ0n) is 18.9. The molecule has 2 aromatic rings. The number of morpholine rings is 1. The second-order valence-electron chi connectivity index (χ2n) is 8.70. The summed E-state index contributed by atoms with van der Waals surface area (Å²) in [6.07, 6.45) is 2.44. The van der Waals surface area contributed by atoms with E-state index in [9.17, 15) is 0 Å². The van der Waals surface area contributed by atoms with Crippen LogP contribution >= 0.6 is 12.2 Å². The molecule has 0 radical (unpaired) electrons. The van der Waals surface area contributed by atoms with E-state index in [1.165, 1.54) is 12.8 Å². The predicted molar refractivity (Wildman–Crippen MR) is 131 cm³/mol. The molecular weight excluding hydrogens is 440 g/mol. The van der Waals surface area contributed by atoms with Crippen LogP contribution < -0.4 is 29.9 Å². The van der Waals surface area contributed by atoms with Crippen LogP contribution in [0.15, 0.2) is 24.3 Å². The number of thiocarbonyl (C=S) groups is 1. The van der Waals surface area contributed by atoms with Gasteiger partial charge < -0.3 is 34.6 Å². The van der Waals surface area contributed by atoms with Crippen molar-refractivity contribution in [1.82, 2.24) is 15.3 Å². The molecule has 3 aliphatic heterocycles. The Balaban J connectivity index is 1.29. The minimum Gasteiger partial charge on any atom is -0.454 e. The molecule has 0 amide bonds. The average Bonchev–Trinajstić information content (AvgIpc) is 3.31. The number of nitrogens with one attached hydrogen (secondary N) is 2. The number of fused-ring (bicyclic) bond motifs is 1. The van der Waals surface area contributed by atoms with Crippen molar-refractivity contribution in [3.05, 3.63) is 29.8 Å². The lowest BCUT2D eigenvalue weighted by Gasteiger charge is -2.33. The summed E-state index contributed by atoms with van der Waals surface area (Å²) < 4.78 is 16.3. The highest BCUT2D eigenvalue weighted by molar-refractivity contribution is 7.80. The summed E-state index contributed by atoms with van der Waals surface area (Å²) in [4.78, 5) is 14.2. The van der Waals surface area contributed by atoms with Gasteiger partial charge >= 0.3 is 0 Å². The number of rotatable bonds is 5. The number of nitrogens with zero attached hydrogens (tertiary/aromatic N) is 4. The highest BCUT2D eigenvalue weighted by atomic mass is 32.1. The number of anilines is 3. The molecule has 3 aliphatic rings. The van der Waals surface area contributed by atoms with E-state index < -0.39 is 0 Å². The second kappa shape index (κ2) is 9.96. The zero-order chi connectivity index (χ0) is 22.6. The first-order valence-corrected chi connectivity index (χ1v) is 11.9. The van der Waals surface area contributed by atoms with Crippen LogP contribution in [0, 0.1) is 5.92 Å². The largest absolute Gasteiger partial charge is 0.454 e. The third-order valence-corrected chi connectivity index (χ3v) is 6.38. The molecule has 0 unspecified atom stereocenters. The highest BCUT2D eigenvalue weighted by Crippen LogP contribution is 2.32. The van der Waals surface area contributed by atoms with E-state index in [0.717, 1.165) is 54.9 Å². The Morgan fingerprint density at radius 1 is 1.06 bits per heavy atom. The molecular formula is C23H30N6O3S. The summed E-state index contributed by atoms with van der Waals surface area (Å²) in [5.74, 6) is 4.54. The van der Waals surface area contributed by atoms with Gasteiger partial charge in [-0.05, 0) is 48.7 Å². The van der Waals surface area contributed by atoms with Gasteiger partial charge in [0.05, 0.1) is 13.2 Å². The molecule has 2 N–H and O–H groups in total. The van der Waals surface area contributed by atoms with Gasteiger partial charge in [0.25, 0.3) is 0 Å². The molecule has 1 aromatic heterocycles. The minimum atomic E-state index is 0.265. The SMILES string of the molecule is C[C@@H]1CCCN(c2cc(N3CCOCC3)nc(NC(=S)NCc3ccc4c(c3)OCO4)n2)C1. The molecule has 2 fully saturated rings. The smallest absolute Gasteiger partial charge is 0.232 e. The van der Waals surface area contributed by atoms with Crippen LogP contribution in [0.25, 0.3) is 0 Å². The van der Waals surface area contributed by atoms with Crippen LogP contribution in [0.5, 0.6) is 11.5 Å². The normalized spacial score (nSPS) is 20.0. The van der Waals surface area contributed by atoms with Crippen LogP contribution in [-0.4, -0.2) is 61.3 Å². The summed E-state index contributed by atoms with van der Waals surface area (Å²) >= 11 is 5.55. The molecule has 0 aliphatic carbocycles. The molecule has 33 heavy (non-hydrogen) atoms. The lowest BCUT2D eigenvalue weighted by molar-refractivity contribution is 0.122. The second-order valence-corrected chi connectivity index (χ2v) is 9.10. The van der Waals surface area contributed by atoms with Gasteiger partial charge in [0.1, 0.15) is 11.6 Å². The standard InChI is InChI=1S/C23H30N6O3S/c1-16-3-2-6-29(14-16)21-12-20(28-7-9-30-10-8-28)25-22(26-21)27-23(33)24-13-17-4-5-18-19(11-17)32-15-31-18/h4-5,11-12,16H,2-3,6-10,13-15H2,1H3,(H2,24,25,26,27,33)/t16-/m1/s1. The molecule has 10 heteroatoms. The Bertz CT molecular complexity index is 1000. The maximum atomic E-state index is 5.55. The number of benzene rings is 1. The fourth-order valence-electron chi connectivity index (χ4n) is 4.37. The number of hydrogen-bond acceptors (Lipinski definition) is 8. The molecule has 2 saturated heterocycles. The van der Waals surface area contributed by atoms with Gasteiger partial charge in [0, 0.05) is 38.8 Å². The Morgan fingerprint density at radius 2 is 1.85 bits per heavy atom. The topological polar surface area (TPSA) is 84.0 Å². The van der Waals surface area contributed by atoms with Gasteiger partial charge in [-0.2, -0.15) is 9.97 Å². The van der Waals surface area contributed by atoms with E-state index in [2.05, 4.69) is 33.4 Å². The first kappa shape index (κ1) is 22.0. The molecule has 0 bridgehead atoms. The van der Waals surface area contributed by atoms with E-state index in [0.29, 0.717) is 36.7 Å². The quantitative estimate of drug-likeness (QED) is 0.637. The molecule has 176 valence electrons. The molecule has 1 atom stereocenters. The number of ether oxygens (including phenoxy) is 3. The Labute approximate surface area is 199 Å².